The van der Waals surface area contributed by atoms with E-state index in [1.54, 1.807) is 0 Å². The maximum atomic E-state index is 12.0. The zero-order chi connectivity index (χ0) is 13.8. The third-order valence-corrected chi connectivity index (χ3v) is 2.79. The summed E-state index contributed by atoms with van der Waals surface area (Å²) in [5.74, 6) is -0.0440. The highest BCUT2D eigenvalue weighted by Gasteiger charge is 2.16. The molecule has 0 aliphatic carbocycles. The average Bonchev–Trinajstić information content (AvgIpc) is 2.24. The van der Waals surface area contributed by atoms with E-state index in [4.69, 9.17) is 5.73 Å². The Kier molecular flexibility index (Phi) is 4.91. The van der Waals surface area contributed by atoms with Crippen LogP contribution in [0.25, 0.3) is 0 Å². The number of carbonyl (C=O) groups is 1. The van der Waals surface area contributed by atoms with Gasteiger partial charge in [-0.25, -0.2) is 0 Å². The van der Waals surface area contributed by atoms with Gasteiger partial charge < -0.3 is 11.1 Å². The number of amides is 1. The molecule has 0 aliphatic rings. The Morgan fingerprint density at radius 3 is 2.50 bits per heavy atom. The molecule has 1 amide bonds. The number of nitrogens with one attached hydrogen (secondary N) is 1. The molecule has 1 rings (SSSR count). The number of hydrogen-bond acceptors (Lipinski definition) is 2. The van der Waals surface area contributed by atoms with E-state index >= 15 is 0 Å². The van der Waals surface area contributed by atoms with Gasteiger partial charge in [0.1, 0.15) is 0 Å². The van der Waals surface area contributed by atoms with E-state index in [2.05, 4.69) is 26.1 Å². The van der Waals surface area contributed by atoms with Gasteiger partial charge in [0.05, 0.1) is 0 Å². The van der Waals surface area contributed by atoms with Crippen molar-refractivity contribution in [2.45, 2.75) is 40.2 Å². The lowest BCUT2D eigenvalue weighted by Crippen LogP contribution is -2.39. The summed E-state index contributed by atoms with van der Waals surface area (Å²) in [6.45, 7) is 8.90. The second-order valence-corrected chi connectivity index (χ2v) is 6.05. The van der Waals surface area contributed by atoms with Crippen LogP contribution in [0.5, 0.6) is 0 Å². The molecule has 0 fully saturated rings. The summed E-state index contributed by atoms with van der Waals surface area (Å²) in [5, 5.41) is 2.90. The van der Waals surface area contributed by atoms with Crippen LogP contribution in [-0.2, 0) is 0 Å². The molecule has 3 nitrogen and oxygen atoms in total. The summed E-state index contributed by atoms with van der Waals surface area (Å²) in [4.78, 5) is 12.0. The summed E-state index contributed by atoms with van der Waals surface area (Å²) in [6.07, 6.45) is 0.890. The second-order valence-electron chi connectivity index (χ2n) is 6.05. The molecule has 0 aliphatic heterocycles. The quantitative estimate of drug-likeness (QED) is 0.860. The monoisotopic (exact) mass is 248 g/mol. The molecule has 18 heavy (non-hydrogen) atoms. The van der Waals surface area contributed by atoms with Crippen molar-refractivity contribution in [2.24, 2.45) is 11.1 Å². The minimum absolute atomic E-state index is 0.00188. The third kappa shape index (κ3) is 4.88. The number of carbonyl (C=O) groups excluding carboxylic acids is 1. The van der Waals surface area contributed by atoms with Gasteiger partial charge >= 0.3 is 0 Å². The van der Waals surface area contributed by atoms with Crippen LogP contribution < -0.4 is 11.1 Å². The van der Waals surface area contributed by atoms with Crippen molar-refractivity contribution in [3.63, 3.8) is 0 Å². The van der Waals surface area contributed by atoms with E-state index < -0.39 is 0 Å². The van der Waals surface area contributed by atoms with Gasteiger partial charge in [-0.1, -0.05) is 39.0 Å². The van der Waals surface area contributed by atoms with Gasteiger partial charge in [-0.05, 0) is 30.4 Å². The normalized spacial score (nSPS) is 13.2. The lowest BCUT2D eigenvalue weighted by Gasteiger charge is -2.23. The van der Waals surface area contributed by atoms with Crippen molar-refractivity contribution in [1.82, 2.24) is 5.32 Å². The summed E-state index contributed by atoms with van der Waals surface area (Å²) in [5.41, 5.74) is 7.91. The fourth-order valence-electron chi connectivity index (χ4n) is 2.01. The molecule has 1 aromatic rings. The Morgan fingerprint density at radius 2 is 1.94 bits per heavy atom. The molecule has 0 aromatic heterocycles. The lowest BCUT2D eigenvalue weighted by molar-refractivity contribution is 0.0948. The standard InChI is InChI=1S/C15H24N2O/c1-11-7-5-6-8-13(11)14(18)17-10-12(16)9-15(2,3)4/h5-8,12H,9-10,16H2,1-4H3,(H,17,18). The van der Waals surface area contributed by atoms with Gasteiger partial charge in [0, 0.05) is 18.2 Å². The van der Waals surface area contributed by atoms with Crippen LogP contribution in [0.2, 0.25) is 0 Å². The smallest absolute Gasteiger partial charge is 0.251 e. The molecular weight excluding hydrogens is 224 g/mol. The summed E-state index contributed by atoms with van der Waals surface area (Å²) in [7, 11) is 0. The molecule has 1 unspecified atom stereocenters. The minimum Gasteiger partial charge on any atom is -0.350 e. The zero-order valence-corrected chi connectivity index (χ0v) is 11.8. The van der Waals surface area contributed by atoms with Crippen molar-refractivity contribution in [3.8, 4) is 0 Å². The average molecular weight is 248 g/mol. The maximum absolute atomic E-state index is 12.0. The van der Waals surface area contributed by atoms with Gasteiger partial charge in [0.25, 0.3) is 5.91 Å². The molecule has 0 radical (unpaired) electrons. The first-order chi connectivity index (χ1) is 8.29. The Balaban J connectivity index is 2.50. The molecule has 1 atom stereocenters. The number of nitrogens with two attached hydrogens (primary N) is 1. The van der Waals surface area contributed by atoms with Gasteiger partial charge in [-0.2, -0.15) is 0 Å². The molecule has 0 spiro atoms. The molecule has 1 aromatic carbocycles. The van der Waals surface area contributed by atoms with E-state index in [0.29, 0.717) is 6.54 Å². The van der Waals surface area contributed by atoms with Crippen molar-refractivity contribution in [1.29, 1.82) is 0 Å². The minimum atomic E-state index is -0.0440. The Morgan fingerprint density at radius 1 is 1.33 bits per heavy atom. The van der Waals surface area contributed by atoms with Crippen LogP contribution in [-0.4, -0.2) is 18.5 Å². The lowest BCUT2D eigenvalue weighted by atomic mass is 9.88. The van der Waals surface area contributed by atoms with E-state index in [1.165, 1.54) is 0 Å². The molecule has 0 heterocycles. The number of benzene rings is 1. The van der Waals surface area contributed by atoms with Crippen LogP contribution in [0.1, 0.15) is 43.1 Å². The first-order valence-electron chi connectivity index (χ1n) is 6.39. The number of rotatable bonds is 4. The SMILES string of the molecule is Cc1ccccc1C(=O)NCC(N)CC(C)(C)C. The summed E-state index contributed by atoms with van der Waals surface area (Å²) in [6, 6.07) is 7.57. The van der Waals surface area contributed by atoms with Crippen LogP contribution in [0.15, 0.2) is 24.3 Å². The van der Waals surface area contributed by atoms with Gasteiger partial charge in [0.2, 0.25) is 0 Å². The highest BCUT2D eigenvalue weighted by atomic mass is 16.1. The van der Waals surface area contributed by atoms with Crippen molar-refractivity contribution >= 4 is 5.91 Å². The van der Waals surface area contributed by atoms with Gasteiger partial charge in [-0.15, -0.1) is 0 Å². The van der Waals surface area contributed by atoms with Crippen molar-refractivity contribution in [3.05, 3.63) is 35.4 Å². The summed E-state index contributed by atoms with van der Waals surface area (Å²) >= 11 is 0. The van der Waals surface area contributed by atoms with E-state index in [0.717, 1.165) is 17.5 Å². The molecule has 100 valence electrons. The Hall–Kier alpha value is -1.35. The van der Waals surface area contributed by atoms with Crippen molar-refractivity contribution < 1.29 is 4.79 Å². The van der Waals surface area contributed by atoms with Crippen LogP contribution in [0.3, 0.4) is 0 Å². The van der Waals surface area contributed by atoms with E-state index in [9.17, 15) is 4.79 Å². The van der Waals surface area contributed by atoms with Gasteiger partial charge in [-0.3, -0.25) is 4.79 Å². The highest BCUT2D eigenvalue weighted by molar-refractivity contribution is 5.95. The first kappa shape index (κ1) is 14.7. The molecule has 0 bridgehead atoms. The molecule has 0 saturated carbocycles. The predicted molar refractivity (Wildman–Crippen MR) is 75.6 cm³/mol. The topological polar surface area (TPSA) is 55.1 Å². The largest absolute Gasteiger partial charge is 0.350 e. The van der Waals surface area contributed by atoms with Crippen molar-refractivity contribution in [2.75, 3.05) is 6.54 Å². The predicted octanol–water partition coefficient (Wildman–Crippen LogP) is 2.49. The fourth-order valence-corrected chi connectivity index (χ4v) is 2.01. The first-order valence-corrected chi connectivity index (χ1v) is 6.39. The molecule has 3 N–H and O–H groups in total. The summed E-state index contributed by atoms with van der Waals surface area (Å²) < 4.78 is 0. The zero-order valence-electron chi connectivity index (χ0n) is 11.8. The molecular formula is C15H24N2O. The van der Waals surface area contributed by atoms with Crippen LogP contribution >= 0.6 is 0 Å². The number of hydrogen-bond donors (Lipinski definition) is 2. The van der Waals surface area contributed by atoms with E-state index in [-0.39, 0.29) is 17.4 Å². The Bertz CT molecular complexity index is 407. The third-order valence-electron chi connectivity index (χ3n) is 2.79. The second kappa shape index (κ2) is 6.01. The Labute approximate surface area is 110 Å². The fraction of sp³-hybridized carbons (Fsp3) is 0.533. The highest BCUT2D eigenvalue weighted by Crippen LogP contribution is 2.19. The number of aryl methyl sites for hydroxylation is 1. The van der Waals surface area contributed by atoms with Crippen LogP contribution in [0, 0.1) is 12.3 Å². The maximum Gasteiger partial charge on any atom is 0.251 e. The van der Waals surface area contributed by atoms with Gasteiger partial charge in [0.15, 0.2) is 0 Å². The molecule has 0 saturated heterocycles. The molecule has 3 heteroatoms. The van der Waals surface area contributed by atoms with E-state index in [1.807, 2.05) is 31.2 Å². The van der Waals surface area contributed by atoms with Crippen LogP contribution in [0.4, 0.5) is 0 Å².